The zero-order valence-electron chi connectivity index (χ0n) is 14.9. The maximum atomic E-state index is 13.0. The first-order valence-electron chi connectivity index (χ1n) is 9.33. The fraction of sp³-hybridized carbons (Fsp3) is 0.409. The number of carbonyl (C=O) groups excluding carboxylic acids is 1. The van der Waals surface area contributed by atoms with Crippen LogP contribution in [-0.2, 0) is 11.3 Å². The highest BCUT2D eigenvalue weighted by atomic mass is 16.1. The molecule has 132 valence electrons. The molecule has 0 aliphatic heterocycles. The van der Waals surface area contributed by atoms with Crippen molar-refractivity contribution < 1.29 is 4.79 Å². The summed E-state index contributed by atoms with van der Waals surface area (Å²) in [5.41, 5.74) is 9.25. The quantitative estimate of drug-likeness (QED) is 0.855. The number of nitrogens with two attached hydrogens (primary N) is 1. The summed E-state index contributed by atoms with van der Waals surface area (Å²) in [4.78, 5) is 13.0. The van der Waals surface area contributed by atoms with E-state index in [-0.39, 0.29) is 17.9 Å². The minimum absolute atomic E-state index is 0.0379. The van der Waals surface area contributed by atoms with E-state index in [4.69, 9.17) is 5.73 Å². The second-order valence-corrected chi connectivity index (χ2v) is 7.08. The van der Waals surface area contributed by atoms with E-state index in [0.717, 1.165) is 30.4 Å². The lowest BCUT2D eigenvalue weighted by molar-refractivity contribution is -0.127. The van der Waals surface area contributed by atoms with Crippen molar-refractivity contribution in [3.05, 3.63) is 71.3 Å². The fourth-order valence-electron chi connectivity index (χ4n) is 3.89. The van der Waals surface area contributed by atoms with Gasteiger partial charge in [0.2, 0.25) is 5.91 Å². The molecule has 3 N–H and O–H groups in total. The van der Waals surface area contributed by atoms with Crippen LogP contribution in [0.4, 0.5) is 0 Å². The van der Waals surface area contributed by atoms with Gasteiger partial charge < -0.3 is 11.1 Å². The Morgan fingerprint density at radius 1 is 1.08 bits per heavy atom. The maximum absolute atomic E-state index is 13.0. The molecule has 0 radical (unpaired) electrons. The average molecular weight is 336 g/mol. The molecule has 1 aliphatic carbocycles. The smallest absolute Gasteiger partial charge is 0.224 e. The van der Waals surface area contributed by atoms with E-state index >= 15 is 0 Å². The molecule has 3 nitrogen and oxygen atoms in total. The zero-order valence-corrected chi connectivity index (χ0v) is 14.9. The molecule has 1 fully saturated rings. The number of amides is 1. The number of rotatable bonds is 5. The van der Waals surface area contributed by atoms with Crippen molar-refractivity contribution in [1.29, 1.82) is 0 Å². The highest BCUT2D eigenvalue weighted by molar-refractivity contribution is 5.80. The van der Waals surface area contributed by atoms with Gasteiger partial charge in [-0.05, 0) is 42.4 Å². The Kier molecular flexibility index (Phi) is 5.87. The van der Waals surface area contributed by atoms with E-state index in [0.29, 0.717) is 12.5 Å². The van der Waals surface area contributed by atoms with Gasteiger partial charge in [0.1, 0.15) is 0 Å². The molecule has 3 atom stereocenters. The zero-order chi connectivity index (χ0) is 17.6. The van der Waals surface area contributed by atoms with Gasteiger partial charge in [0.05, 0.1) is 6.04 Å². The van der Waals surface area contributed by atoms with Crippen LogP contribution < -0.4 is 11.1 Å². The maximum Gasteiger partial charge on any atom is 0.224 e. The SMILES string of the molecule is C[C@H](NC(=O)[C@H]1CCCC[C@H]1c1ccc(CN)cc1)c1ccccc1. The standard InChI is InChI=1S/C22H28N2O/c1-16(18-7-3-2-4-8-18)24-22(25)21-10-6-5-9-20(21)19-13-11-17(15-23)12-14-19/h2-4,7-8,11-14,16,20-21H,5-6,9-10,15,23H2,1H3,(H,24,25)/t16-,20-,21-/m0/s1. The average Bonchev–Trinajstić information content (AvgIpc) is 2.68. The molecule has 2 aromatic carbocycles. The van der Waals surface area contributed by atoms with Crippen LogP contribution in [0.15, 0.2) is 54.6 Å². The predicted octanol–water partition coefficient (Wildman–Crippen LogP) is 4.30. The first-order valence-corrected chi connectivity index (χ1v) is 9.33. The number of hydrogen-bond donors (Lipinski definition) is 2. The van der Waals surface area contributed by atoms with Gasteiger partial charge in [0.25, 0.3) is 0 Å². The van der Waals surface area contributed by atoms with Crippen LogP contribution >= 0.6 is 0 Å². The molecule has 0 spiro atoms. The second-order valence-electron chi connectivity index (χ2n) is 7.08. The number of benzene rings is 2. The summed E-state index contributed by atoms with van der Waals surface area (Å²) >= 11 is 0. The lowest BCUT2D eigenvalue weighted by atomic mass is 9.75. The summed E-state index contributed by atoms with van der Waals surface area (Å²) in [6.07, 6.45) is 4.38. The molecule has 0 heterocycles. The Morgan fingerprint density at radius 2 is 1.76 bits per heavy atom. The van der Waals surface area contributed by atoms with Gasteiger partial charge in [-0.1, -0.05) is 67.4 Å². The highest BCUT2D eigenvalue weighted by Gasteiger charge is 2.32. The van der Waals surface area contributed by atoms with Crippen LogP contribution in [0.25, 0.3) is 0 Å². The van der Waals surface area contributed by atoms with Crippen LogP contribution in [0.2, 0.25) is 0 Å². The molecule has 3 rings (SSSR count). The van der Waals surface area contributed by atoms with Crippen molar-refractivity contribution in [3.8, 4) is 0 Å². The first-order chi connectivity index (χ1) is 12.2. The lowest BCUT2D eigenvalue weighted by Crippen LogP contribution is -2.37. The molecule has 1 aliphatic rings. The molecule has 1 amide bonds. The molecule has 0 unspecified atom stereocenters. The van der Waals surface area contributed by atoms with Crippen LogP contribution in [-0.4, -0.2) is 5.91 Å². The first kappa shape index (κ1) is 17.7. The van der Waals surface area contributed by atoms with Crippen LogP contribution in [0.5, 0.6) is 0 Å². The van der Waals surface area contributed by atoms with Gasteiger partial charge in [-0.25, -0.2) is 0 Å². The van der Waals surface area contributed by atoms with Crippen molar-refractivity contribution in [2.45, 2.75) is 51.1 Å². The number of carbonyl (C=O) groups is 1. The Labute approximate surface area is 150 Å². The van der Waals surface area contributed by atoms with Gasteiger partial charge in [-0.2, -0.15) is 0 Å². The summed E-state index contributed by atoms with van der Waals surface area (Å²) < 4.78 is 0. The lowest BCUT2D eigenvalue weighted by Gasteiger charge is -2.32. The van der Waals surface area contributed by atoms with E-state index in [9.17, 15) is 4.79 Å². The molecule has 3 heteroatoms. The second kappa shape index (κ2) is 8.30. The Hall–Kier alpha value is -2.13. The number of hydrogen-bond acceptors (Lipinski definition) is 2. The summed E-state index contributed by atoms with van der Waals surface area (Å²) in [6, 6.07) is 18.7. The summed E-state index contributed by atoms with van der Waals surface area (Å²) in [5.74, 6) is 0.552. The van der Waals surface area contributed by atoms with Crippen molar-refractivity contribution >= 4 is 5.91 Å². The molecule has 1 saturated carbocycles. The molecule has 0 bridgehead atoms. The predicted molar refractivity (Wildman–Crippen MR) is 102 cm³/mol. The monoisotopic (exact) mass is 336 g/mol. The third kappa shape index (κ3) is 4.29. The third-order valence-electron chi connectivity index (χ3n) is 5.40. The van der Waals surface area contributed by atoms with Gasteiger partial charge in [-0.3, -0.25) is 4.79 Å². The van der Waals surface area contributed by atoms with Crippen molar-refractivity contribution in [3.63, 3.8) is 0 Å². The van der Waals surface area contributed by atoms with Gasteiger partial charge in [-0.15, -0.1) is 0 Å². The minimum Gasteiger partial charge on any atom is -0.349 e. The fourth-order valence-corrected chi connectivity index (χ4v) is 3.89. The van der Waals surface area contributed by atoms with Gasteiger partial charge in [0, 0.05) is 12.5 Å². The topological polar surface area (TPSA) is 55.1 Å². The minimum atomic E-state index is 0.0379. The van der Waals surface area contributed by atoms with E-state index in [1.165, 1.54) is 12.0 Å². The van der Waals surface area contributed by atoms with Crippen molar-refractivity contribution in [2.24, 2.45) is 11.7 Å². The van der Waals surface area contributed by atoms with Gasteiger partial charge in [0.15, 0.2) is 0 Å². The van der Waals surface area contributed by atoms with E-state index in [2.05, 4.69) is 48.6 Å². The summed E-state index contributed by atoms with van der Waals surface area (Å²) in [7, 11) is 0. The molecule has 0 saturated heterocycles. The van der Waals surface area contributed by atoms with Crippen LogP contribution in [0.1, 0.15) is 61.3 Å². The highest BCUT2D eigenvalue weighted by Crippen LogP contribution is 2.38. The molecule has 25 heavy (non-hydrogen) atoms. The van der Waals surface area contributed by atoms with Gasteiger partial charge >= 0.3 is 0 Å². The molecular weight excluding hydrogens is 308 g/mol. The Morgan fingerprint density at radius 3 is 2.44 bits per heavy atom. The largest absolute Gasteiger partial charge is 0.349 e. The van der Waals surface area contributed by atoms with E-state index < -0.39 is 0 Å². The normalized spacial score (nSPS) is 21.5. The molecular formula is C22H28N2O. The summed E-state index contributed by atoms with van der Waals surface area (Å²) in [6.45, 7) is 2.62. The van der Waals surface area contributed by atoms with E-state index in [1.807, 2.05) is 18.2 Å². The van der Waals surface area contributed by atoms with Crippen LogP contribution in [0, 0.1) is 5.92 Å². The summed E-state index contributed by atoms with van der Waals surface area (Å²) in [5, 5.41) is 3.23. The third-order valence-corrected chi connectivity index (χ3v) is 5.40. The van der Waals surface area contributed by atoms with E-state index in [1.54, 1.807) is 0 Å². The number of nitrogens with one attached hydrogen (secondary N) is 1. The molecule has 2 aromatic rings. The Bertz CT molecular complexity index is 681. The van der Waals surface area contributed by atoms with Crippen molar-refractivity contribution in [2.75, 3.05) is 0 Å². The van der Waals surface area contributed by atoms with Crippen molar-refractivity contribution in [1.82, 2.24) is 5.32 Å². The molecule has 0 aromatic heterocycles. The Balaban J connectivity index is 1.72. The van der Waals surface area contributed by atoms with Crippen LogP contribution in [0.3, 0.4) is 0 Å².